The normalized spacial score (nSPS) is 10.9. The molecule has 9 heteroatoms. The number of hydrogen-bond acceptors (Lipinski definition) is 5. The molecule has 1 aromatic carbocycles. The lowest BCUT2D eigenvalue weighted by Gasteiger charge is -2.04. The van der Waals surface area contributed by atoms with Gasteiger partial charge in [0.1, 0.15) is 16.6 Å². The third kappa shape index (κ3) is 4.17. The van der Waals surface area contributed by atoms with Crippen LogP contribution >= 0.6 is 34.5 Å². The molecule has 0 unspecified atom stereocenters. The van der Waals surface area contributed by atoms with Gasteiger partial charge in [0, 0.05) is 35.5 Å². The molecular weight excluding hydrogens is 429 g/mol. The largest absolute Gasteiger partial charge is 0.344 e. The van der Waals surface area contributed by atoms with Crippen LogP contribution in [0.25, 0.3) is 32.5 Å². The summed E-state index contributed by atoms with van der Waals surface area (Å²) in [5, 5.41) is 4.51. The second-order valence-electron chi connectivity index (χ2n) is 6.32. The van der Waals surface area contributed by atoms with Crippen LogP contribution < -0.4 is 5.32 Å². The minimum absolute atomic E-state index is 0.186. The fourth-order valence-electron chi connectivity index (χ4n) is 2.81. The van der Waals surface area contributed by atoms with E-state index < -0.39 is 0 Å². The molecule has 6 nitrogen and oxygen atoms in total. The number of carbonyl (C=O) groups excluding carboxylic acids is 1. The van der Waals surface area contributed by atoms with E-state index in [0.29, 0.717) is 27.4 Å². The number of H-pyrrole nitrogens is 1. The van der Waals surface area contributed by atoms with Gasteiger partial charge in [0.05, 0.1) is 21.3 Å². The molecule has 0 aliphatic rings. The molecule has 29 heavy (non-hydrogen) atoms. The highest BCUT2D eigenvalue weighted by atomic mass is 35.5. The third-order valence-electron chi connectivity index (χ3n) is 4.05. The number of aryl methyl sites for hydroxylation is 1. The van der Waals surface area contributed by atoms with Crippen molar-refractivity contribution < 1.29 is 4.79 Å². The van der Waals surface area contributed by atoms with E-state index in [2.05, 4.69) is 20.3 Å². The Kier molecular flexibility index (Phi) is 5.36. The molecule has 0 saturated carbocycles. The molecule has 3 heterocycles. The van der Waals surface area contributed by atoms with E-state index in [4.69, 9.17) is 28.2 Å². The smallest absolute Gasteiger partial charge is 0.222 e. The Hall–Kier alpha value is -2.74. The van der Waals surface area contributed by atoms with Crippen molar-refractivity contribution >= 4 is 46.3 Å². The molecule has 0 atom stereocenters. The zero-order valence-corrected chi connectivity index (χ0v) is 17.8. The van der Waals surface area contributed by atoms with E-state index in [1.165, 1.54) is 18.3 Å². The summed E-state index contributed by atoms with van der Waals surface area (Å²) >= 11 is 14.0. The summed E-state index contributed by atoms with van der Waals surface area (Å²) in [5.41, 5.74) is 3.17. The third-order valence-corrected chi connectivity index (χ3v) is 5.70. The van der Waals surface area contributed by atoms with Gasteiger partial charge in [0.2, 0.25) is 5.91 Å². The molecule has 2 N–H and O–H groups in total. The molecule has 0 aliphatic carbocycles. The number of halogens is 2. The number of aromatic amines is 1. The van der Waals surface area contributed by atoms with Gasteiger partial charge in [-0.2, -0.15) is 0 Å². The predicted octanol–water partition coefficient (Wildman–Crippen LogP) is 5.84. The van der Waals surface area contributed by atoms with Gasteiger partial charge in [-0.3, -0.25) is 4.79 Å². The van der Waals surface area contributed by atoms with Crippen molar-refractivity contribution in [3.05, 3.63) is 58.5 Å². The van der Waals surface area contributed by atoms with Gasteiger partial charge in [0.25, 0.3) is 0 Å². The van der Waals surface area contributed by atoms with Gasteiger partial charge in [-0.1, -0.05) is 23.2 Å². The summed E-state index contributed by atoms with van der Waals surface area (Å²) in [6.07, 6.45) is 3.47. The predicted molar refractivity (Wildman–Crippen MR) is 117 cm³/mol. The molecular formula is C20H15Cl2N5OS. The van der Waals surface area contributed by atoms with Crippen molar-refractivity contribution in [3.63, 3.8) is 0 Å². The van der Waals surface area contributed by atoms with E-state index >= 15 is 0 Å². The van der Waals surface area contributed by atoms with E-state index in [1.54, 1.807) is 24.4 Å². The fourth-order valence-corrected chi connectivity index (χ4v) is 4.34. The van der Waals surface area contributed by atoms with Gasteiger partial charge < -0.3 is 10.3 Å². The van der Waals surface area contributed by atoms with E-state index in [0.717, 1.165) is 26.7 Å². The first-order valence-corrected chi connectivity index (χ1v) is 10.2. The Bertz CT molecular complexity index is 1220. The van der Waals surface area contributed by atoms with E-state index in [1.807, 2.05) is 25.3 Å². The van der Waals surface area contributed by atoms with Crippen molar-refractivity contribution in [3.8, 4) is 32.5 Å². The van der Waals surface area contributed by atoms with Crippen LogP contribution in [0, 0.1) is 6.92 Å². The minimum atomic E-state index is -0.186. The molecule has 3 aromatic heterocycles. The number of aromatic nitrogens is 4. The van der Waals surface area contributed by atoms with E-state index in [-0.39, 0.29) is 5.91 Å². The summed E-state index contributed by atoms with van der Waals surface area (Å²) in [6.45, 7) is 3.36. The number of amides is 1. The molecule has 1 amide bonds. The van der Waals surface area contributed by atoms with Crippen LogP contribution in [0.15, 0.2) is 42.7 Å². The Balaban J connectivity index is 1.87. The minimum Gasteiger partial charge on any atom is -0.344 e. The highest BCUT2D eigenvalue weighted by Crippen LogP contribution is 2.42. The van der Waals surface area contributed by atoms with Gasteiger partial charge in [-0.15, -0.1) is 11.3 Å². The van der Waals surface area contributed by atoms with Gasteiger partial charge in [0.15, 0.2) is 0 Å². The van der Waals surface area contributed by atoms with Crippen molar-refractivity contribution in [2.24, 2.45) is 0 Å². The number of nitrogens with zero attached hydrogens (tertiary/aromatic N) is 3. The summed E-state index contributed by atoms with van der Waals surface area (Å²) in [5.74, 6) is 0.990. The number of benzene rings is 1. The van der Waals surface area contributed by atoms with Crippen LogP contribution in [0.4, 0.5) is 5.82 Å². The molecule has 0 spiro atoms. The molecule has 0 aliphatic heterocycles. The van der Waals surface area contributed by atoms with Crippen molar-refractivity contribution in [1.29, 1.82) is 0 Å². The first-order valence-electron chi connectivity index (χ1n) is 8.63. The fraction of sp³-hybridized carbons (Fsp3) is 0.100. The number of imidazole rings is 1. The molecule has 146 valence electrons. The average molecular weight is 444 g/mol. The van der Waals surface area contributed by atoms with Crippen LogP contribution in [0.2, 0.25) is 10.0 Å². The Morgan fingerprint density at radius 3 is 2.69 bits per heavy atom. The van der Waals surface area contributed by atoms with Gasteiger partial charge in [-0.25, -0.2) is 15.0 Å². The van der Waals surface area contributed by atoms with Crippen molar-refractivity contribution in [1.82, 2.24) is 19.9 Å². The number of anilines is 1. The maximum Gasteiger partial charge on any atom is 0.222 e. The number of rotatable bonds is 4. The number of carbonyl (C=O) groups is 1. The lowest BCUT2D eigenvalue weighted by Crippen LogP contribution is -2.07. The first kappa shape index (κ1) is 19.6. The summed E-state index contributed by atoms with van der Waals surface area (Å²) < 4.78 is 0. The number of pyridine rings is 1. The van der Waals surface area contributed by atoms with Gasteiger partial charge >= 0.3 is 0 Å². The molecule has 0 radical (unpaired) electrons. The summed E-state index contributed by atoms with van der Waals surface area (Å²) in [7, 11) is 0. The SMILES string of the molecule is CC(=O)Nc1cc(-c2nc(-c3ccc(Cl)cc3Cl)c(-c3nc(C)c[nH]3)s2)ccn1. The second-order valence-corrected chi connectivity index (χ2v) is 8.17. The summed E-state index contributed by atoms with van der Waals surface area (Å²) in [4.78, 5) is 29.0. The van der Waals surface area contributed by atoms with Crippen LogP contribution in [-0.2, 0) is 4.79 Å². The highest BCUT2D eigenvalue weighted by Gasteiger charge is 2.20. The average Bonchev–Trinajstić information content (AvgIpc) is 3.28. The number of thiazole rings is 1. The van der Waals surface area contributed by atoms with Crippen molar-refractivity contribution in [2.75, 3.05) is 5.32 Å². The molecule has 0 bridgehead atoms. The lowest BCUT2D eigenvalue weighted by molar-refractivity contribution is -0.114. The Labute approximate surface area is 181 Å². The Morgan fingerprint density at radius 1 is 1.17 bits per heavy atom. The van der Waals surface area contributed by atoms with Crippen LogP contribution in [-0.4, -0.2) is 25.8 Å². The zero-order valence-electron chi connectivity index (χ0n) is 15.5. The molecule has 0 saturated heterocycles. The van der Waals surface area contributed by atoms with E-state index in [9.17, 15) is 4.79 Å². The monoisotopic (exact) mass is 443 g/mol. The number of nitrogens with one attached hydrogen (secondary N) is 2. The summed E-state index contributed by atoms with van der Waals surface area (Å²) in [6, 6.07) is 8.94. The molecule has 4 aromatic rings. The lowest BCUT2D eigenvalue weighted by atomic mass is 10.1. The van der Waals surface area contributed by atoms with Crippen LogP contribution in [0.3, 0.4) is 0 Å². The highest BCUT2D eigenvalue weighted by molar-refractivity contribution is 7.18. The maximum atomic E-state index is 11.4. The maximum absolute atomic E-state index is 11.4. The second kappa shape index (κ2) is 7.94. The van der Waals surface area contributed by atoms with Crippen LogP contribution in [0.1, 0.15) is 12.6 Å². The van der Waals surface area contributed by atoms with Crippen molar-refractivity contribution in [2.45, 2.75) is 13.8 Å². The van der Waals surface area contributed by atoms with Crippen LogP contribution in [0.5, 0.6) is 0 Å². The zero-order chi connectivity index (χ0) is 20.5. The molecule has 4 rings (SSSR count). The standard InChI is InChI=1S/C20H15Cl2N5OS/c1-10-9-24-19(25-10)18-17(14-4-3-13(21)8-15(14)22)27-20(29-18)12-5-6-23-16(7-12)26-11(2)28/h3-9H,1-2H3,(H,24,25)(H,23,26,28). The number of hydrogen-bond donors (Lipinski definition) is 2. The topological polar surface area (TPSA) is 83.6 Å². The first-order chi connectivity index (χ1) is 13.9. The quantitative estimate of drug-likeness (QED) is 0.415. The van der Waals surface area contributed by atoms with Gasteiger partial charge in [-0.05, 0) is 37.3 Å². The molecule has 0 fully saturated rings. The Morgan fingerprint density at radius 2 is 2.00 bits per heavy atom.